The molecule has 1 aliphatic rings. The minimum atomic E-state index is -1.11. The summed E-state index contributed by atoms with van der Waals surface area (Å²) in [5.41, 5.74) is 0.391. The Morgan fingerprint density at radius 3 is 2.43 bits per heavy atom. The van der Waals surface area contributed by atoms with Crippen molar-refractivity contribution in [3.8, 4) is 0 Å². The number of carbonyl (C=O) groups is 2. The molecular weight excluding hydrogens is 358 g/mol. The third-order valence-corrected chi connectivity index (χ3v) is 4.46. The van der Waals surface area contributed by atoms with Gasteiger partial charge in [0.25, 0.3) is 5.91 Å². The normalized spacial score (nSPS) is 21.0. The molecule has 3 rings (SSSR count). The first-order valence-electron chi connectivity index (χ1n) is 7.03. The average Bonchev–Trinajstić information content (AvgIpc) is 2.78. The molecule has 2 aromatic rings. The van der Waals surface area contributed by atoms with E-state index in [-0.39, 0.29) is 0 Å². The van der Waals surface area contributed by atoms with Crippen LogP contribution in [0, 0.1) is 0 Å². The molecule has 1 N–H and O–H groups in total. The summed E-state index contributed by atoms with van der Waals surface area (Å²) in [6.07, 6.45) is 1.48. The van der Waals surface area contributed by atoms with Gasteiger partial charge in [-0.3, -0.25) is 4.79 Å². The van der Waals surface area contributed by atoms with Gasteiger partial charge in [0, 0.05) is 10.0 Å². The Labute approximate surface area is 142 Å². The summed E-state index contributed by atoms with van der Waals surface area (Å²) in [5.74, 6) is -0.406. The number of hydrazone groups is 1. The molecule has 1 saturated heterocycles. The number of benzene rings is 2. The van der Waals surface area contributed by atoms with Crippen LogP contribution in [0.5, 0.6) is 0 Å². The molecule has 1 fully saturated rings. The zero-order valence-electron chi connectivity index (χ0n) is 12.4. The first kappa shape index (κ1) is 15.4. The molecule has 0 saturated carbocycles. The van der Waals surface area contributed by atoms with Gasteiger partial charge >= 0.3 is 6.03 Å². The number of nitrogens with zero attached hydrogens (tertiary/aromatic N) is 2. The fourth-order valence-corrected chi connectivity index (χ4v) is 2.78. The predicted molar refractivity (Wildman–Crippen MR) is 90.9 cm³/mol. The van der Waals surface area contributed by atoms with Crippen LogP contribution in [-0.2, 0) is 10.3 Å². The predicted octanol–water partition coefficient (Wildman–Crippen LogP) is 3.25. The van der Waals surface area contributed by atoms with Crippen molar-refractivity contribution in [1.82, 2.24) is 10.3 Å². The van der Waals surface area contributed by atoms with E-state index in [9.17, 15) is 9.59 Å². The topological polar surface area (TPSA) is 61.8 Å². The molecule has 5 nitrogen and oxygen atoms in total. The van der Waals surface area contributed by atoms with Crippen molar-refractivity contribution < 1.29 is 9.59 Å². The summed E-state index contributed by atoms with van der Waals surface area (Å²) >= 11 is 3.40. The number of rotatable bonds is 3. The molecule has 0 unspecified atom stereocenters. The van der Waals surface area contributed by atoms with Crippen LogP contribution in [0.3, 0.4) is 0 Å². The van der Waals surface area contributed by atoms with Crippen LogP contribution in [0.15, 0.2) is 64.2 Å². The molecule has 1 atom stereocenters. The van der Waals surface area contributed by atoms with E-state index < -0.39 is 17.5 Å². The quantitative estimate of drug-likeness (QED) is 0.664. The van der Waals surface area contributed by atoms with Crippen molar-refractivity contribution in [2.75, 3.05) is 0 Å². The number of carbonyl (C=O) groups excluding carboxylic acids is 2. The fraction of sp³-hybridized carbons (Fsp3) is 0.118. The molecule has 0 aliphatic carbocycles. The second-order valence-electron chi connectivity index (χ2n) is 5.30. The zero-order chi connectivity index (χ0) is 16.4. The fourth-order valence-electron chi connectivity index (χ4n) is 2.40. The highest BCUT2D eigenvalue weighted by atomic mass is 79.9. The maximum Gasteiger partial charge on any atom is 0.346 e. The Balaban J connectivity index is 1.89. The molecule has 0 bridgehead atoms. The van der Waals surface area contributed by atoms with Gasteiger partial charge in [0.2, 0.25) is 0 Å². The first-order chi connectivity index (χ1) is 11.0. The highest BCUT2D eigenvalue weighted by molar-refractivity contribution is 9.10. The highest BCUT2D eigenvalue weighted by Gasteiger charge is 2.49. The first-order valence-corrected chi connectivity index (χ1v) is 7.82. The number of imide groups is 1. The summed E-state index contributed by atoms with van der Waals surface area (Å²) in [6, 6.07) is 16.0. The van der Waals surface area contributed by atoms with Crippen molar-refractivity contribution in [2.24, 2.45) is 5.10 Å². The summed E-state index contributed by atoms with van der Waals surface area (Å²) in [5, 5.41) is 7.63. The van der Waals surface area contributed by atoms with Crippen molar-refractivity contribution >= 4 is 34.1 Å². The van der Waals surface area contributed by atoms with Crippen LogP contribution in [0.2, 0.25) is 0 Å². The third-order valence-electron chi connectivity index (χ3n) is 3.74. The SMILES string of the molecule is C[C@]1(c2ccccc2)NC(=O)N(/N=C\c2ccccc2Br)C1=O. The van der Waals surface area contributed by atoms with Crippen molar-refractivity contribution in [1.29, 1.82) is 0 Å². The van der Waals surface area contributed by atoms with Gasteiger partial charge in [-0.05, 0) is 18.6 Å². The lowest BCUT2D eigenvalue weighted by atomic mass is 9.92. The molecule has 2 aromatic carbocycles. The molecule has 1 aliphatic heterocycles. The van der Waals surface area contributed by atoms with E-state index >= 15 is 0 Å². The van der Waals surface area contributed by atoms with Crippen molar-refractivity contribution in [2.45, 2.75) is 12.5 Å². The summed E-state index contributed by atoms with van der Waals surface area (Å²) in [7, 11) is 0. The van der Waals surface area contributed by atoms with Gasteiger partial charge in [-0.15, -0.1) is 5.01 Å². The number of nitrogens with one attached hydrogen (secondary N) is 1. The smallest absolute Gasteiger partial charge is 0.318 e. The molecule has 0 radical (unpaired) electrons. The Kier molecular flexibility index (Phi) is 4.00. The highest BCUT2D eigenvalue weighted by Crippen LogP contribution is 2.28. The molecular formula is C17H14BrN3O2. The number of hydrogen-bond acceptors (Lipinski definition) is 3. The molecule has 116 valence electrons. The Morgan fingerprint density at radius 1 is 1.09 bits per heavy atom. The van der Waals surface area contributed by atoms with Gasteiger partial charge in [-0.1, -0.05) is 64.5 Å². The summed E-state index contributed by atoms with van der Waals surface area (Å²) in [6.45, 7) is 1.68. The monoisotopic (exact) mass is 371 g/mol. The minimum absolute atomic E-state index is 0.406. The Morgan fingerprint density at radius 2 is 1.74 bits per heavy atom. The average molecular weight is 372 g/mol. The Bertz CT molecular complexity index is 791. The van der Waals surface area contributed by atoms with E-state index in [2.05, 4.69) is 26.3 Å². The van der Waals surface area contributed by atoms with E-state index in [0.29, 0.717) is 0 Å². The molecule has 23 heavy (non-hydrogen) atoms. The van der Waals surface area contributed by atoms with E-state index in [4.69, 9.17) is 0 Å². The van der Waals surface area contributed by atoms with Gasteiger partial charge < -0.3 is 5.32 Å². The lowest BCUT2D eigenvalue weighted by molar-refractivity contribution is -0.131. The summed E-state index contributed by atoms with van der Waals surface area (Å²) < 4.78 is 0.835. The number of urea groups is 1. The van der Waals surface area contributed by atoms with E-state index in [1.54, 1.807) is 19.1 Å². The number of halogens is 1. The van der Waals surface area contributed by atoms with Crippen LogP contribution in [0.4, 0.5) is 4.79 Å². The molecule has 1 heterocycles. The Hall–Kier alpha value is -2.47. The van der Waals surface area contributed by atoms with Crippen LogP contribution in [-0.4, -0.2) is 23.2 Å². The number of amides is 3. The van der Waals surface area contributed by atoms with Gasteiger partial charge in [-0.2, -0.15) is 5.10 Å². The van der Waals surface area contributed by atoms with Crippen molar-refractivity contribution in [3.63, 3.8) is 0 Å². The second kappa shape index (κ2) is 5.96. The van der Waals surface area contributed by atoms with Crippen molar-refractivity contribution in [3.05, 3.63) is 70.2 Å². The second-order valence-corrected chi connectivity index (χ2v) is 6.16. The lowest BCUT2D eigenvalue weighted by Crippen LogP contribution is -2.40. The minimum Gasteiger partial charge on any atom is -0.318 e. The van der Waals surface area contributed by atoms with Crippen LogP contribution in [0.1, 0.15) is 18.1 Å². The third kappa shape index (κ3) is 2.77. The van der Waals surface area contributed by atoms with Gasteiger partial charge in [0.1, 0.15) is 5.54 Å². The van der Waals surface area contributed by atoms with E-state index in [1.807, 2.05) is 42.5 Å². The molecule has 3 amide bonds. The van der Waals surface area contributed by atoms with Crippen LogP contribution >= 0.6 is 15.9 Å². The van der Waals surface area contributed by atoms with Crippen LogP contribution < -0.4 is 5.32 Å². The molecule has 6 heteroatoms. The largest absolute Gasteiger partial charge is 0.346 e. The molecule has 0 spiro atoms. The van der Waals surface area contributed by atoms with Gasteiger partial charge in [0.05, 0.1) is 6.21 Å². The lowest BCUT2D eigenvalue weighted by Gasteiger charge is -2.20. The van der Waals surface area contributed by atoms with E-state index in [0.717, 1.165) is 20.6 Å². The standard InChI is InChI=1S/C17H14BrN3O2/c1-17(13-8-3-2-4-9-13)15(22)21(16(23)20-17)19-11-12-7-5-6-10-14(12)18/h2-11H,1H3,(H,20,23)/b19-11-/t17-/m1/s1. The number of hydrogen-bond donors (Lipinski definition) is 1. The summed E-state index contributed by atoms with van der Waals surface area (Å²) in [4.78, 5) is 24.8. The van der Waals surface area contributed by atoms with Crippen LogP contribution in [0.25, 0.3) is 0 Å². The van der Waals surface area contributed by atoms with E-state index in [1.165, 1.54) is 6.21 Å². The maximum atomic E-state index is 12.7. The molecule has 0 aromatic heterocycles. The zero-order valence-corrected chi connectivity index (χ0v) is 13.9. The maximum absolute atomic E-state index is 12.7. The van der Waals surface area contributed by atoms with Gasteiger partial charge in [-0.25, -0.2) is 4.79 Å². The van der Waals surface area contributed by atoms with Gasteiger partial charge in [0.15, 0.2) is 0 Å².